The second-order valence-electron chi connectivity index (χ2n) is 14.9. The number of benzene rings is 8. The summed E-state index contributed by atoms with van der Waals surface area (Å²) in [7, 11) is 0. The highest BCUT2D eigenvalue weighted by atomic mass is 14.8. The molecule has 0 fully saturated rings. The highest BCUT2D eigenvalue weighted by Gasteiger charge is 2.46. The fourth-order valence-electron chi connectivity index (χ4n) is 9.42. The van der Waals surface area contributed by atoms with Crippen LogP contribution in [0.5, 0.6) is 0 Å². The van der Waals surface area contributed by atoms with Gasteiger partial charge in [-0.15, -0.1) is 0 Å². The molecule has 2 heterocycles. The van der Waals surface area contributed by atoms with Gasteiger partial charge < -0.3 is 0 Å². The van der Waals surface area contributed by atoms with Gasteiger partial charge in [-0.3, -0.25) is 9.97 Å². The van der Waals surface area contributed by atoms with Crippen molar-refractivity contribution in [1.29, 1.82) is 0 Å². The molecular formula is C55H36N2. The van der Waals surface area contributed by atoms with Crippen molar-refractivity contribution in [1.82, 2.24) is 9.97 Å². The van der Waals surface area contributed by atoms with Gasteiger partial charge >= 0.3 is 0 Å². The maximum Gasteiger partial charge on any atom is 0.0886 e. The summed E-state index contributed by atoms with van der Waals surface area (Å²) in [5, 5.41) is 4.89. The second kappa shape index (κ2) is 13.4. The Bertz CT molecular complexity index is 3040. The zero-order chi connectivity index (χ0) is 37.8. The van der Waals surface area contributed by atoms with Crippen LogP contribution in [0.3, 0.4) is 0 Å². The summed E-state index contributed by atoms with van der Waals surface area (Å²) in [4.78, 5) is 9.40. The van der Waals surface area contributed by atoms with E-state index in [-0.39, 0.29) is 0 Å². The smallest absolute Gasteiger partial charge is 0.0886 e. The number of pyridine rings is 2. The topological polar surface area (TPSA) is 25.8 Å². The molecule has 2 aromatic heterocycles. The van der Waals surface area contributed by atoms with Gasteiger partial charge in [-0.25, -0.2) is 0 Å². The fourth-order valence-corrected chi connectivity index (χ4v) is 9.42. The standard InChI is InChI=1S/C55H36N2/c1-4-16-37(17-5-1)53-45-23-10-11-24-46(45)54(48-34-38(27-31-47(48)53)40-29-32-52(57-36-40)51-26-14-15-33-56-51)39-28-30-44-43-22-12-13-25-49(43)55(50(44)35-39,41-18-6-2-7-19-41)42-20-8-3-9-21-42/h1-36H. The van der Waals surface area contributed by atoms with Gasteiger partial charge in [-0.1, -0.05) is 176 Å². The van der Waals surface area contributed by atoms with Crippen molar-refractivity contribution < 1.29 is 0 Å². The van der Waals surface area contributed by atoms with Crippen LogP contribution in [0.4, 0.5) is 0 Å². The van der Waals surface area contributed by atoms with Crippen LogP contribution in [0.1, 0.15) is 22.3 Å². The van der Waals surface area contributed by atoms with Gasteiger partial charge in [0.15, 0.2) is 0 Å². The van der Waals surface area contributed by atoms with E-state index in [1.165, 1.54) is 77.2 Å². The molecule has 1 aliphatic rings. The summed E-state index contributed by atoms with van der Waals surface area (Å²) in [6.07, 6.45) is 3.79. The first kappa shape index (κ1) is 33.0. The first-order valence-electron chi connectivity index (χ1n) is 19.6. The van der Waals surface area contributed by atoms with Crippen LogP contribution in [-0.4, -0.2) is 9.97 Å². The molecule has 0 amide bonds. The van der Waals surface area contributed by atoms with Gasteiger partial charge in [0.1, 0.15) is 0 Å². The first-order chi connectivity index (χ1) is 28.3. The molecule has 2 heteroatoms. The summed E-state index contributed by atoms with van der Waals surface area (Å²) in [5.74, 6) is 0. The average Bonchev–Trinajstić information content (AvgIpc) is 3.59. The Morgan fingerprint density at radius 2 is 0.877 bits per heavy atom. The van der Waals surface area contributed by atoms with E-state index in [1.807, 2.05) is 30.6 Å². The lowest BCUT2D eigenvalue weighted by molar-refractivity contribution is 0.769. The zero-order valence-corrected chi connectivity index (χ0v) is 31.2. The molecule has 0 N–H and O–H groups in total. The third kappa shape index (κ3) is 5.18. The van der Waals surface area contributed by atoms with E-state index >= 15 is 0 Å². The number of hydrogen-bond acceptors (Lipinski definition) is 2. The monoisotopic (exact) mass is 724 g/mol. The number of aromatic nitrogens is 2. The Morgan fingerprint density at radius 1 is 0.316 bits per heavy atom. The van der Waals surface area contributed by atoms with Crippen LogP contribution in [0.15, 0.2) is 219 Å². The highest BCUT2D eigenvalue weighted by molar-refractivity contribution is 6.22. The molecule has 266 valence electrons. The summed E-state index contributed by atoms with van der Waals surface area (Å²) in [6.45, 7) is 0. The molecule has 57 heavy (non-hydrogen) atoms. The van der Waals surface area contributed by atoms with Crippen molar-refractivity contribution in [3.8, 4) is 55.9 Å². The van der Waals surface area contributed by atoms with Crippen molar-refractivity contribution in [2.24, 2.45) is 0 Å². The molecule has 0 atom stereocenters. The Hall–Kier alpha value is -7.42. The van der Waals surface area contributed by atoms with E-state index in [2.05, 4.69) is 193 Å². The predicted molar refractivity (Wildman–Crippen MR) is 236 cm³/mol. The molecule has 1 aliphatic carbocycles. The van der Waals surface area contributed by atoms with Crippen molar-refractivity contribution in [3.63, 3.8) is 0 Å². The van der Waals surface area contributed by atoms with Crippen LogP contribution in [-0.2, 0) is 5.41 Å². The van der Waals surface area contributed by atoms with Crippen LogP contribution in [0.2, 0.25) is 0 Å². The van der Waals surface area contributed by atoms with Crippen molar-refractivity contribution in [2.45, 2.75) is 5.41 Å². The SMILES string of the molecule is c1ccc(-c2c3ccccc3c(-c3ccc4c(c3)C(c3ccccc3)(c3ccccc3)c3ccccc3-4)c3cc(-c4ccc(-c5ccccn5)nc4)ccc23)cc1. The largest absolute Gasteiger partial charge is 0.255 e. The van der Waals surface area contributed by atoms with Gasteiger partial charge in [0.2, 0.25) is 0 Å². The molecule has 8 aromatic carbocycles. The molecule has 0 spiro atoms. The van der Waals surface area contributed by atoms with E-state index in [9.17, 15) is 0 Å². The van der Waals surface area contributed by atoms with Gasteiger partial charge in [-0.2, -0.15) is 0 Å². The van der Waals surface area contributed by atoms with Crippen LogP contribution < -0.4 is 0 Å². The quantitative estimate of drug-likeness (QED) is 0.160. The molecule has 0 saturated heterocycles. The Morgan fingerprint density at radius 3 is 1.56 bits per heavy atom. The molecule has 0 unspecified atom stereocenters. The normalized spacial score (nSPS) is 12.7. The van der Waals surface area contributed by atoms with Crippen LogP contribution in [0, 0.1) is 0 Å². The molecule has 10 aromatic rings. The van der Waals surface area contributed by atoms with Crippen molar-refractivity contribution >= 4 is 21.5 Å². The maximum atomic E-state index is 4.87. The van der Waals surface area contributed by atoms with E-state index in [0.717, 1.165) is 22.5 Å². The number of fused-ring (bicyclic) bond motifs is 5. The Balaban J connectivity index is 1.21. The van der Waals surface area contributed by atoms with E-state index in [0.29, 0.717) is 0 Å². The minimum absolute atomic E-state index is 0.494. The summed E-state index contributed by atoms with van der Waals surface area (Å²) in [6, 6.07) is 75.2. The van der Waals surface area contributed by atoms with Gasteiger partial charge in [0.05, 0.1) is 16.8 Å². The molecule has 0 bridgehead atoms. The summed E-state index contributed by atoms with van der Waals surface area (Å²) in [5.41, 5.74) is 16.0. The minimum atomic E-state index is -0.494. The van der Waals surface area contributed by atoms with Crippen LogP contribution in [0.25, 0.3) is 77.4 Å². The zero-order valence-electron chi connectivity index (χ0n) is 31.2. The third-order valence-corrected chi connectivity index (χ3v) is 11.9. The lowest BCUT2D eigenvalue weighted by Crippen LogP contribution is -2.28. The molecule has 0 radical (unpaired) electrons. The van der Waals surface area contributed by atoms with E-state index in [4.69, 9.17) is 4.98 Å². The lowest BCUT2D eigenvalue weighted by atomic mass is 9.67. The van der Waals surface area contributed by atoms with Gasteiger partial charge in [0.25, 0.3) is 0 Å². The molecular weight excluding hydrogens is 689 g/mol. The predicted octanol–water partition coefficient (Wildman–Crippen LogP) is 13.8. The summed E-state index contributed by atoms with van der Waals surface area (Å²) >= 11 is 0. The first-order valence-corrected chi connectivity index (χ1v) is 19.6. The maximum absolute atomic E-state index is 4.87. The number of hydrogen-bond donors (Lipinski definition) is 0. The molecule has 2 nitrogen and oxygen atoms in total. The third-order valence-electron chi connectivity index (χ3n) is 11.9. The van der Waals surface area contributed by atoms with E-state index in [1.54, 1.807) is 0 Å². The number of rotatable bonds is 6. The molecule has 0 saturated carbocycles. The van der Waals surface area contributed by atoms with Gasteiger partial charge in [-0.05, 0) is 113 Å². The average molecular weight is 725 g/mol. The second-order valence-corrected chi connectivity index (χ2v) is 14.9. The Kier molecular flexibility index (Phi) is 7.75. The fraction of sp³-hybridized carbons (Fsp3) is 0.0182. The van der Waals surface area contributed by atoms with Crippen molar-refractivity contribution in [3.05, 3.63) is 241 Å². The van der Waals surface area contributed by atoms with Crippen molar-refractivity contribution in [2.75, 3.05) is 0 Å². The Labute approximate surface area is 332 Å². The lowest BCUT2D eigenvalue weighted by Gasteiger charge is -2.34. The summed E-state index contributed by atoms with van der Waals surface area (Å²) < 4.78 is 0. The van der Waals surface area contributed by atoms with E-state index < -0.39 is 5.41 Å². The highest BCUT2D eigenvalue weighted by Crippen LogP contribution is 2.57. The minimum Gasteiger partial charge on any atom is -0.255 e. The molecule has 11 rings (SSSR count). The molecule has 0 aliphatic heterocycles. The van der Waals surface area contributed by atoms with Crippen LogP contribution >= 0.6 is 0 Å². The number of nitrogens with zero attached hydrogens (tertiary/aromatic N) is 2. The van der Waals surface area contributed by atoms with Gasteiger partial charge in [0, 0.05) is 18.0 Å².